The molecule has 2 rings (SSSR count). The van der Waals surface area contributed by atoms with Crippen molar-refractivity contribution in [2.45, 2.75) is 51.0 Å². The highest BCUT2D eigenvalue weighted by Gasteiger charge is 2.16. The Kier molecular flexibility index (Phi) is 5.72. The van der Waals surface area contributed by atoms with E-state index in [-0.39, 0.29) is 5.91 Å². The van der Waals surface area contributed by atoms with E-state index in [2.05, 4.69) is 5.32 Å². The molecule has 0 heterocycles. The Morgan fingerprint density at radius 3 is 2.65 bits per heavy atom. The smallest absolute Gasteiger partial charge is 0.224 e. The molecule has 0 spiro atoms. The fourth-order valence-corrected chi connectivity index (χ4v) is 2.90. The van der Waals surface area contributed by atoms with Gasteiger partial charge in [-0.05, 0) is 25.0 Å². The third-order valence-electron chi connectivity index (χ3n) is 3.82. The summed E-state index contributed by atoms with van der Waals surface area (Å²) in [7, 11) is 1.60. The topological polar surface area (TPSA) is 38.3 Å². The first kappa shape index (κ1) is 15.2. The van der Waals surface area contributed by atoms with E-state index >= 15 is 0 Å². The summed E-state index contributed by atoms with van der Waals surface area (Å²) in [6.07, 6.45) is 7.56. The van der Waals surface area contributed by atoms with Crippen molar-refractivity contribution in [2.75, 3.05) is 7.11 Å². The second-order valence-electron chi connectivity index (χ2n) is 5.39. The van der Waals surface area contributed by atoms with Crippen LogP contribution in [-0.2, 0) is 11.2 Å². The van der Waals surface area contributed by atoms with Crippen molar-refractivity contribution in [3.8, 4) is 5.75 Å². The Morgan fingerprint density at radius 2 is 2.00 bits per heavy atom. The zero-order valence-electron chi connectivity index (χ0n) is 12.0. The molecule has 1 aliphatic rings. The highest BCUT2D eigenvalue weighted by atomic mass is 35.5. The number of benzene rings is 1. The van der Waals surface area contributed by atoms with E-state index in [4.69, 9.17) is 16.3 Å². The first-order valence-corrected chi connectivity index (χ1v) is 7.68. The van der Waals surface area contributed by atoms with E-state index in [1.165, 1.54) is 25.7 Å². The summed E-state index contributed by atoms with van der Waals surface area (Å²) in [5.74, 6) is 0.742. The number of carbonyl (C=O) groups is 1. The second kappa shape index (κ2) is 7.53. The second-order valence-corrected chi connectivity index (χ2v) is 5.83. The zero-order chi connectivity index (χ0) is 14.4. The minimum absolute atomic E-state index is 0.0672. The molecule has 1 saturated carbocycles. The maximum Gasteiger partial charge on any atom is 0.224 e. The lowest BCUT2D eigenvalue weighted by Gasteiger charge is -2.17. The Bertz CT molecular complexity index is 454. The van der Waals surface area contributed by atoms with Gasteiger partial charge in [-0.25, -0.2) is 0 Å². The number of carbonyl (C=O) groups excluding carboxylic acids is 1. The fraction of sp³-hybridized carbons (Fsp3) is 0.562. The molecule has 1 fully saturated rings. The Morgan fingerprint density at radius 1 is 1.30 bits per heavy atom. The van der Waals surface area contributed by atoms with E-state index in [0.717, 1.165) is 18.4 Å². The van der Waals surface area contributed by atoms with Crippen LogP contribution in [0.3, 0.4) is 0 Å². The van der Waals surface area contributed by atoms with Crippen molar-refractivity contribution in [3.63, 3.8) is 0 Å². The van der Waals surface area contributed by atoms with Crippen LogP contribution in [0.2, 0.25) is 5.02 Å². The van der Waals surface area contributed by atoms with E-state index in [1.807, 2.05) is 6.07 Å². The SMILES string of the molecule is COc1cc(Cl)ccc1CC(=O)NC1CCCCCC1. The maximum atomic E-state index is 12.1. The van der Waals surface area contributed by atoms with Crippen molar-refractivity contribution in [1.82, 2.24) is 5.32 Å². The fourth-order valence-electron chi connectivity index (χ4n) is 2.74. The first-order chi connectivity index (χ1) is 9.69. The van der Waals surface area contributed by atoms with Crippen LogP contribution in [-0.4, -0.2) is 19.1 Å². The number of halogens is 1. The average Bonchev–Trinajstić information content (AvgIpc) is 2.69. The largest absolute Gasteiger partial charge is 0.496 e. The summed E-state index contributed by atoms with van der Waals surface area (Å²) in [5.41, 5.74) is 0.878. The number of hydrogen-bond acceptors (Lipinski definition) is 2. The summed E-state index contributed by atoms with van der Waals surface area (Å²) in [6.45, 7) is 0. The average molecular weight is 296 g/mol. The van der Waals surface area contributed by atoms with Gasteiger partial charge in [0, 0.05) is 16.6 Å². The highest BCUT2D eigenvalue weighted by molar-refractivity contribution is 6.30. The van der Waals surface area contributed by atoms with Crippen LogP contribution < -0.4 is 10.1 Å². The standard InChI is InChI=1S/C16H22ClNO2/c1-20-15-11-13(17)9-8-12(15)10-16(19)18-14-6-4-2-3-5-7-14/h8-9,11,14H,2-7,10H2,1H3,(H,18,19). The lowest BCUT2D eigenvalue weighted by Crippen LogP contribution is -2.35. The number of ether oxygens (including phenoxy) is 1. The van der Waals surface area contributed by atoms with Gasteiger partial charge in [0.2, 0.25) is 5.91 Å². The molecule has 3 nitrogen and oxygen atoms in total. The van der Waals surface area contributed by atoms with Crippen molar-refractivity contribution < 1.29 is 9.53 Å². The number of rotatable bonds is 4. The molecule has 0 bridgehead atoms. The minimum atomic E-state index is 0.0672. The summed E-state index contributed by atoms with van der Waals surface area (Å²) in [5, 5.41) is 3.77. The molecule has 0 radical (unpaired) electrons. The number of amides is 1. The molecule has 4 heteroatoms. The maximum absolute atomic E-state index is 12.1. The van der Waals surface area contributed by atoms with Crippen molar-refractivity contribution in [3.05, 3.63) is 28.8 Å². The van der Waals surface area contributed by atoms with Gasteiger partial charge >= 0.3 is 0 Å². The quantitative estimate of drug-likeness (QED) is 0.860. The Hall–Kier alpha value is -1.22. The van der Waals surface area contributed by atoms with E-state index in [0.29, 0.717) is 23.2 Å². The van der Waals surface area contributed by atoms with Crippen molar-refractivity contribution in [2.24, 2.45) is 0 Å². The molecule has 1 N–H and O–H groups in total. The molecule has 0 atom stereocenters. The van der Waals surface area contributed by atoms with Crippen LogP contribution in [0.25, 0.3) is 0 Å². The van der Waals surface area contributed by atoms with Gasteiger partial charge < -0.3 is 10.1 Å². The normalized spacial score (nSPS) is 16.5. The third-order valence-corrected chi connectivity index (χ3v) is 4.06. The van der Waals surface area contributed by atoms with Crippen LogP contribution in [0.5, 0.6) is 5.75 Å². The van der Waals surface area contributed by atoms with Crippen LogP contribution in [0.4, 0.5) is 0 Å². The van der Waals surface area contributed by atoms with Gasteiger partial charge in [-0.3, -0.25) is 4.79 Å². The minimum Gasteiger partial charge on any atom is -0.496 e. The lowest BCUT2D eigenvalue weighted by atomic mass is 10.1. The van der Waals surface area contributed by atoms with Gasteiger partial charge in [-0.15, -0.1) is 0 Å². The number of hydrogen-bond donors (Lipinski definition) is 1. The third kappa shape index (κ3) is 4.41. The van der Waals surface area contributed by atoms with Crippen LogP contribution >= 0.6 is 11.6 Å². The van der Waals surface area contributed by atoms with Gasteiger partial charge in [0.15, 0.2) is 0 Å². The lowest BCUT2D eigenvalue weighted by molar-refractivity contribution is -0.121. The summed E-state index contributed by atoms with van der Waals surface area (Å²) in [4.78, 5) is 12.1. The molecule has 0 aliphatic heterocycles. The zero-order valence-corrected chi connectivity index (χ0v) is 12.7. The molecule has 0 unspecified atom stereocenters. The molecule has 1 amide bonds. The molecule has 1 aromatic rings. The molecule has 20 heavy (non-hydrogen) atoms. The molecule has 0 aromatic heterocycles. The summed E-state index contributed by atoms with van der Waals surface area (Å²) in [6, 6.07) is 5.73. The predicted molar refractivity (Wildman–Crippen MR) is 81.3 cm³/mol. The van der Waals surface area contributed by atoms with Gasteiger partial charge in [0.05, 0.1) is 13.5 Å². The predicted octanol–water partition coefficient (Wildman–Crippen LogP) is 3.73. The van der Waals surface area contributed by atoms with Gasteiger partial charge in [-0.2, -0.15) is 0 Å². The van der Waals surface area contributed by atoms with Crippen LogP contribution in [0.1, 0.15) is 44.1 Å². The Labute approximate surface area is 125 Å². The van der Waals surface area contributed by atoms with Gasteiger partial charge in [0.1, 0.15) is 5.75 Å². The van der Waals surface area contributed by atoms with Crippen LogP contribution in [0, 0.1) is 0 Å². The highest BCUT2D eigenvalue weighted by Crippen LogP contribution is 2.24. The van der Waals surface area contributed by atoms with Gasteiger partial charge in [-0.1, -0.05) is 43.4 Å². The van der Waals surface area contributed by atoms with Crippen molar-refractivity contribution >= 4 is 17.5 Å². The monoisotopic (exact) mass is 295 g/mol. The number of nitrogens with one attached hydrogen (secondary N) is 1. The Balaban J connectivity index is 1.93. The molecule has 1 aromatic carbocycles. The molecular weight excluding hydrogens is 274 g/mol. The van der Waals surface area contributed by atoms with Crippen molar-refractivity contribution in [1.29, 1.82) is 0 Å². The number of methoxy groups -OCH3 is 1. The van der Waals surface area contributed by atoms with E-state index in [1.54, 1.807) is 19.2 Å². The van der Waals surface area contributed by atoms with E-state index < -0.39 is 0 Å². The summed E-state index contributed by atoms with van der Waals surface area (Å²) >= 11 is 5.93. The van der Waals surface area contributed by atoms with Crippen LogP contribution in [0.15, 0.2) is 18.2 Å². The first-order valence-electron chi connectivity index (χ1n) is 7.31. The molecule has 110 valence electrons. The molecule has 1 aliphatic carbocycles. The van der Waals surface area contributed by atoms with Gasteiger partial charge in [0.25, 0.3) is 0 Å². The summed E-state index contributed by atoms with van der Waals surface area (Å²) < 4.78 is 5.27. The molecular formula is C16H22ClNO2. The molecule has 0 saturated heterocycles. The van der Waals surface area contributed by atoms with E-state index in [9.17, 15) is 4.79 Å².